The van der Waals surface area contributed by atoms with Crippen molar-refractivity contribution in [3.8, 4) is 11.1 Å². The highest BCUT2D eigenvalue weighted by Gasteiger charge is 2.36. The molecule has 7 rings (SSSR count). The lowest BCUT2D eigenvalue weighted by Crippen LogP contribution is -2.38. The molecule has 1 aliphatic carbocycles. The highest BCUT2D eigenvalue weighted by Crippen LogP contribution is 2.40. The molecule has 8 nitrogen and oxygen atoms in total. The Balaban J connectivity index is 1.41. The largest absolute Gasteiger partial charge is 0.420 e. The second-order valence-corrected chi connectivity index (χ2v) is 11.7. The number of rotatable bonds is 4. The zero-order valence-electron chi connectivity index (χ0n) is 22.5. The van der Waals surface area contributed by atoms with Gasteiger partial charge < -0.3 is 13.8 Å². The predicted molar refractivity (Wildman–Crippen MR) is 150 cm³/mol. The number of cyclic esters (lactones) is 1. The summed E-state index contributed by atoms with van der Waals surface area (Å²) in [4.78, 5) is 25.4. The fraction of sp³-hybridized carbons (Fsp3) is 0.267. The summed E-state index contributed by atoms with van der Waals surface area (Å²) in [6, 6.07) is 8.75. The Labute approximate surface area is 237 Å². The van der Waals surface area contributed by atoms with Gasteiger partial charge in [-0.15, -0.1) is 11.3 Å². The third-order valence-corrected chi connectivity index (χ3v) is 8.81. The van der Waals surface area contributed by atoms with E-state index in [1.54, 1.807) is 17.4 Å². The number of nitrogens with zero attached hydrogens (tertiary/aromatic N) is 5. The van der Waals surface area contributed by atoms with Crippen molar-refractivity contribution in [1.82, 2.24) is 19.7 Å². The molecule has 3 aromatic heterocycles. The van der Waals surface area contributed by atoms with Gasteiger partial charge in [0.05, 0.1) is 39.4 Å². The first-order chi connectivity index (χ1) is 19.8. The minimum Gasteiger partial charge on any atom is -0.418 e. The van der Waals surface area contributed by atoms with Crippen LogP contribution in [0.1, 0.15) is 51.4 Å². The first kappa shape index (κ1) is 25.6. The van der Waals surface area contributed by atoms with Crippen LogP contribution in [0.4, 0.5) is 19.3 Å². The zero-order chi connectivity index (χ0) is 28.4. The van der Waals surface area contributed by atoms with E-state index in [1.807, 2.05) is 39.0 Å². The number of thiazole rings is 1. The quantitative estimate of drug-likeness (QED) is 0.224. The summed E-state index contributed by atoms with van der Waals surface area (Å²) in [6.07, 6.45) is 4.77. The summed E-state index contributed by atoms with van der Waals surface area (Å²) in [5, 5.41) is 5.14. The van der Waals surface area contributed by atoms with Gasteiger partial charge in [-0.1, -0.05) is 11.2 Å². The third kappa shape index (κ3) is 4.22. The van der Waals surface area contributed by atoms with E-state index in [9.17, 15) is 13.6 Å². The number of carbonyl (C=O) groups excluding carboxylic acids is 1. The molecule has 0 bridgehead atoms. The number of hydrogen-bond donors (Lipinski definition) is 0. The Bertz CT molecular complexity index is 1850. The monoisotopic (exact) mass is 573 g/mol. The molecule has 1 aliphatic heterocycles. The van der Waals surface area contributed by atoms with E-state index in [4.69, 9.17) is 19.2 Å². The zero-order valence-corrected chi connectivity index (χ0v) is 23.3. The second kappa shape index (κ2) is 9.62. The Kier molecular flexibility index (Phi) is 6.00. The van der Waals surface area contributed by atoms with Gasteiger partial charge in [0, 0.05) is 29.0 Å². The van der Waals surface area contributed by atoms with Crippen LogP contribution in [0.5, 0.6) is 0 Å². The van der Waals surface area contributed by atoms with E-state index < -0.39 is 23.8 Å². The lowest BCUT2D eigenvalue weighted by molar-refractivity contribution is 0.186. The average molecular weight is 574 g/mol. The molecule has 0 fully saturated rings. The molecule has 41 heavy (non-hydrogen) atoms. The molecule has 0 N–H and O–H groups in total. The molecular formula is C30H25F2N5O3S. The summed E-state index contributed by atoms with van der Waals surface area (Å²) in [5.41, 5.74) is 5.57. The molecular weight excluding hydrogens is 548 g/mol. The van der Waals surface area contributed by atoms with Crippen LogP contribution in [0, 0.1) is 32.4 Å². The van der Waals surface area contributed by atoms with E-state index in [0.717, 1.165) is 70.0 Å². The van der Waals surface area contributed by atoms with Crippen LogP contribution in [-0.4, -0.2) is 25.8 Å². The SMILES string of the molecule is Cc1nc2c(s1)C[C@H](n1c([C@@H]3C=COC(=O)N3c3ccc(F)c(F)c3)nc3cc(-c4c(C)noc4C)ccc31)CC2. The van der Waals surface area contributed by atoms with Crippen LogP contribution in [0.3, 0.4) is 0 Å². The molecule has 2 aliphatic rings. The number of halogens is 2. The van der Waals surface area contributed by atoms with Crippen molar-refractivity contribution < 1.29 is 22.8 Å². The van der Waals surface area contributed by atoms with Crippen LogP contribution in [-0.2, 0) is 17.6 Å². The van der Waals surface area contributed by atoms with Crippen molar-refractivity contribution in [3.05, 3.63) is 93.2 Å². The summed E-state index contributed by atoms with van der Waals surface area (Å²) in [6.45, 7) is 5.79. The van der Waals surface area contributed by atoms with Crippen molar-refractivity contribution in [2.24, 2.45) is 0 Å². The smallest absolute Gasteiger partial charge is 0.418 e. The number of carbonyl (C=O) groups is 1. The molecule has 1 amide bonds. The van der Waals surface area contributed by atoms with Crippen LogP contribution in [0.25, 0.3) is 22.2 Å². The fourth-order valence-corrected chi connectivity index (χ4v) is 7.05. The summed E-state index contributed by atoms with van der Waals surface area (Å²) in [7, 11) is 0. The lowest BCUT2D eigenvalue weighted by atomic mass is 9.96. The Morgan fingerprint density at radius 2 is 1.90 bits per heavy atom. The molecule has 2 atom stereocenters. The van der Waals surface area contributed by atoms with Crippen molar-refractivity contribution in [1.29, 1.82) is 0 Å². The van der Waals surface area contributed by atoms with Crippen LogP contribution >= 0.6 is 11.3 Å². The Hall–Kier alpha value is -4.38. The number of aryl methyl sites for hydroxylation is 4. The maximum atomic E-state index is 14.3. The minimum absolute atomic E-state index is 0.0467. The van der Waals surface area contributed by atoms with E-state index in [-0.39, 0.29) is 11.7 Å². The van der Waals surface area contributed by atoms with Gasteiger partial charge >= 0.3 is 6.09 Å². The molecule has 0 saturated heterocycles. The fourth-order valence-electron chi connectivity index (χ4n) is 6.00. The molecule has 4 heterocycles. The maximum absolute atomic E-state index is 14.3. The summed E-state index contributed by atoms with van der Waals surface area (Å²) in [5.74, 6) is -0.739. The molecule has 208 valence electrons. The van der Waals surface area contributed by atoms with E-state index >= 15 is 0 Å². The Morgan fingerprint density at radius 3 is 2.68 bits per heavy atom. The molecule has 5 aromatic rings. The number of benzene rings is 2. The maximum Gasteiger partial charge on any atom is 0.420 e. The van der Waals surface area contributed by atoms with E-state index in [1.165, 1.54) is 22.1 Å². The van der Waals surface area contributed by atoms with Gasteiger partial charge in [0.2, 0.25) is 0 Å². The highest BCUT2D eigenvalue weighted by molar-refractivity contribution is 7.11. The number of amides is 1. The third-order valence-electron chi connectivity index (χ3n) is 7.78. The van der Waals surface area contributed by atoms with Gasteiger partial charge in [0.1, 0.15) is 17.6 Å². The van der Waals surface area contributed by atoms with Gasteiger partial charge in [0.15, 0.2) is 11.6 Å². The van der Waals surface area contributed by atoms with Gasteiger partial charge in [-0.25, -0.2) is 23.5 Å². The first-order valence-electron chi connectivity index (χ1n) is 13.3. The van der Waals surface area contributed by atoms with Crippen molar-refractivity contribution in [3.63, 3.8) is 0 Å². The predicted octanol–water partition coefficient (Wildman–Crippen LogP) is 7.29. The molecule has 0 unspecified atom stereocenters. The number of hydrogen-bond acceptors (Lipinski definition) is 7. The summed E-state index contributed by atoms with van der Waals surface area (Å²) < 4.78 is 40.9. The molecule has 0 radical (unpaired) electrons. The van der Waals surface area contributed by atoms with Crippen LogP contribution in [0.15, 0.2) is 53.3 Å². The molecule has 0 saturated carbocycles. The standard InChI is InChI=1S/C30H25F2N5O3S/c1-15-28(16(2)40-35-15)18-4-9-25-24(12-18)34-29(36(25)20-6-8-23-27(14-20)41-17(3)33-23)26-10-11-39-30(38)37(26)19-5-7-21(31)22(32)13-19/h4-5,7,9-13,20,26H,6,8,14H2,1-3H3/t20-,26+/m1/s1. The number of fused-ring (bicyclic) bond motifs is 2. The first-order valence-corrected chi connectivity index (χ1v) is 14.1. The molecule has 11 heteroatoms. The minimum atomic E-state index is -1.05. The van der Waals surface area contributed by atoms with Crippen molar-refractivity contribution >= 4 is 34.2 Å². The van der Waals surface area contributed by atoms with Gasteiger partial charge in [0.25, 0.3) is 0 Å². The van der Waals surface area contributed by atoms with Gasteiger partial charge in [-0.05, 0) is 69.5 Å². The Morgan fingerprint density at radius 1 is 1.05 bits per heavy atom. The van der Waals surface area contributed by atoms with Gasteiger partial charge in [-0.2, -0.15) is 0 Å². The topological polar surface area (TPSA) is 86.3 Å². The van der Waals surface area contributed by atoms with Crippen LogP contribution < -0.4 is 4.90 Å². The van der Waals surface area contributed by atoms with E-state index in [2.05, 4.69) is 9.72 Å². The number of aromatic nitrogens is 4. The summed E-state index contributed by atoms with van der Waals surface area (Å²) >= 11 is 1.70. The molecule has 0 spiro atoms. The van der Waals surface area contributed by atoms with E-state index in [0.29, 0.717) is 11.6 Å². The van der Waals surface area contributed by atoms with Gasteiger partial charge in [-0.3, -0.25) is 4.90 Å². The second-order valence-electron chi connectivity index (χ2n) is 10.4. The van der Waals surface area contributed by atoms with Crippen molar-refractivity contribution in [2.45, 2.75) is 52.1 Å². The average Bonchev–Trinajstić information content (AvgIpc) is 3.62. The molecule has 2 aromatic carbocycles. The normalized spacial score (nSPS) is 18.7. The number of ether oxygens (including phenoxy) is 1. The van der Waals surface area contributed by atoms with Crippen LogP contribution in [0.2, 0.25) is 0 Å². The number of anilines is 1. The van der Waals surface area contributed by atoms with Crippen molar-refractivity contribution in [2.75, 3.05) is 4.90 Å². The number of imidazole rings is 1. The highest BCUT2D eigenvalue weighted by atomic mass is 32.1. The lowest BCUT2D eigenvalue weighted by Gasteiger charge is -2.33.